The van der Waals surface area contributed by atoms with Gasteiger partial charge in [-0.05, 0) is 39.1 Å². The van der Waals surface area contributed by atoms with Gasteiger partial charge >= 0.3 is 0 Å². The maximum atomic E-state index is 5.58. The lowest BCUT2D eigenvalue weighted by Crippen LogP contribution is -1.94. The standard InChI is InChI=1S/C6H3BrClN3.C6H4ClN3/c7-5-3-1-10-6(8)11-4(3)2-9-5;7-6-9-2-4-1-8-3-5(4)10-6/h1H,2H2;1-2H,3H2. The molecule has 0 spiro atoms. The first kappa shape index (κ1) is 14.5. The van der Waals surface area contributed by atoms with Gasteiger partial charge in [-0.15, -0.1) is 0 Å². The quantitative estimate of drug-likeness (QED) is 0.653. The van der Waals surface area contributed by atoms with Crippen LogP contribution >= 0.6 is 39.1 Å². The third-order valence-electron chi connectivity index (χ3n) is 2.77. The van der Waals surface area contributed by atoms with Crippen molar-refractivity contribution in [3.05, 3.63) is 45.5 Å². The maximum Gasteiger partial charge on any atom is 0.222 e. The highest BCUT2D eigenvalue weighted by atomic mass is 79.9. The van der Waals surface area contributed by atoms with Gasteiger partial charge in [0, 0.05) is 29.7 Å². The Balaban J connectivity index is 0.000000126. The minimum Gasteiger partial charge on any atom is -0.286 e. The molecule has 2 aliphatic rings. The monoisotopic (exact) mass is 384 g/mol. The first-order valence-electron chi connectivity index (χ1n) is 5.86. The van der Waals surface area contributed by atoms with E-state index < -0.39 is 0 Å². The third-order valence-corrected chi connectivity index (χ3v) is 3.81. The van der Waals surface area contributed by atoms with Gasteiger partial charge in [-0.25, -0.2) is 19.9 Å². The molecule has 0 aromatic carbocycles. The van der Waals surface area contributed by atoms with Crippen molar-refractivity contribution in [2.75, 3.05) is 0 Å². The highest BCUT2D eigenvalue weighted by Crippen LogP contribution is 2.20. The SMILES string of the molecule is Clc1ncc2c(n1)CN=C2.Clc1ncc2c(n1)CN=C2Br. The molecule has 0 aliphatic carbocycles. The lowest BCUT2D eigenvalue weighted by Gasteiger charge is -1.95. The predicted octanol–water partition coefficient (Wildman–Crippen LogP) is 2.85. The summed E-state index contributed by atoms with van der Waals surface area (Å²) >= 11 is 14.4. The van der Waals surface area contributed by atoms with Crippen LogP contribution in [0.2, 0.25) is 10.6 Å². The average molecular weight is 386 g/mol. The fraction of sp³-hybridized carbons (Fsp3) is 0.167. The molecule has 0 unspecified atom stereocenters. The van der Waals surface area contributed by atoms with E-state index in [2.05, 4.69) is 45.9 Å². The van der Waals surface area contributed by atoms with Gasteiger partial charge in [0.25, 0.3) is 0 Å². The van der Waals surface area contributed by atoms with Crippen molar-refractivity contribution < 1.29 is 0 Å². The lowest BCUT2D eigenvalue weighted by atomic mass is 10.3. The number of aliphatic imine (C=N–C) groups is 2. The summed E-state index contributed by atoms with van der Waals surface area (Å²) in [5.41, 5.74) is 3.72. The Morgan fingerprint density at radius 2 is 1.67 bits per heavy atom. The molecule has 2 aliphatic heterocycles. The van der Waals surface area contributed by atoms with Crippen molar-refractivity contribution in [2.24, 2.45) is 9.98 Å². The zero-order chi connectivity index (χ0) is 14.8. The molecular formula is C12H7BrCl2N6. The topological polar surface area (TPSA) is 76.3 Å². The molecule has 0 radical (unpaired) electrons. The summed E-state index contributed by atoms with van der Waals surface area (Å²) in [5, 5.41) is 0.574. The second kappa shape index (κ2) is 6.13. The van der Waals surface area contributed by atoms with Crippen molar-refractivity contribution >= 4 is 50.0 Å². The number of rotatable bonds is 0. The molecule has 106 valence electrons. The zero-order valence-electron chi connectivity index (χ0n) is 10.5. The summed E-state index contributed by atoms with van der Waals surface area (Å²) in [4.78, 5) is 23.8. The molecule has 0 amide bonds. The summed E-state index contributed by atoms with van der Waals surface area (Å²) in [6.07, 6.45) is 5.11. The molecule has 4 heterocycles. The van der Waals surface area contributed by atoms with Crippen molar-refractivity contribution in [3.63, 3.8) is 0 Å². The first-order chi connectivity index (χ1) is 10.1. The van der Waals surface area contributed by atoms with Crippen LogP contribution in [0.5, 0.6) is 0 Å². The Bertz CT molecular complexity index is 761. The minimum atomic E-state index is 0.279. The van der Waals surface area contributed by atoms with Gasteiger partial charge in [-0.1, -0.05) is 0 Å². The van der Waals surface area contributed by atoms with Gasteiger partial charge in [-0.2, -0.15) is 0 Å². The summed E-state index contributed by atoms with van der Waals surface area (Å²) in [5.74, 6) is 0. The minimum absolute atomic E-state index is 0.279. The van der Waals surface area contributed by atoms with Crippen molar-refractivity contribution in [1.29, 1.82) is 0 Å². The molecule has 0 saturated heterocycles. The van der Waals surface area contributed by atoms with Crippen LogP contribution in [-0.4, -0.2) is 30.8 Å². The van der Waals surface area contributed by atoms with Crippen LogP contribution in [0, 0.1) is 0 Å². The van der Waals surface area contributed by atoms with E-state index in [1.165, 1.54) is 0 Å². The lowest BCUT2D eigenvalue weighted by molar-refractivity contribution is 0.994. The smallest absolute Gasteiger partial charge is 0.222 e. The average Bonchev–Trinajstić information content (AvgIpc) is 3.06. The summed E-state index contributed by atoms with van der Waals surface area (Å²) in [7, 11) is 0. The number of fused-ring (bicyclic) bond motifs is 2. The Labute approximate surface area is 138 Å². The third kappa shape index (κ3) is 3.25. The molecule has 6 nitrogen and oxygen atoms in total. The maximum absolute atomic E-state index is 5.58. The van der Waals surface area contributed by atoms with Crippen LogP contribution in [0.1, 0.15) is 22.5 Å². The Morgan fingerprint density at radius 1 is 0.952 bits per heavy atom. The van der Waals surface area contributed by atoms with Crippen LogP contribution in [0.25, 0.3) is 0 Å². The molecule has 9 heteroatoms. The van der Waals surface area contributed by atoms with Crippen molar-refractivity contribution in [2.45, 2.75) is 13.1 Å². The Hall–Kier alpha value is -1.44. The molecule has 0 saturated carbocycles. The summed E-state index contributed by atoms with van der Waals surface area (Å²) in [6, 6.07) is 0. The van der Waals surface area contributed by atoms with E-state index in [4.69, 9.17) is 23.2 Å². The number of hydrogen-bond donors (Lipinski definition) is 0. The first-order valence-corrected chi connectivity index (χ1v) is 7.41. The molecular weight excluding hydrogens is 379 g/mol. The number of hydrogen-bond acceptors (Lipinski definition) is 6. The van der Waals surface area contributed by atoms with Crippen molar-refractivity contribution in [1.82, 2.24) is 19.9 Å². The molecule has 0 fully saturated rings. The molecule has 2 aromatic heterocycles. The van der Waals surface area contributed by atoms with Gasteiger partial charge < -0.3 is 0 Å². The number of nitrogens with zero attached hydrogens (tertiary/aromatic N) is 6. The molecule has 4 rings (SSSR count). The number of halogens is 3. The van der Waals surface area contributed by atoms with Gasteiger partial charge in [0.1, 0.15) is 4.62 Å². The van der Waals surface area contributed by atoms with E-state index in [-0.39, 0.29) is 5.28 Å². The van der Waals surface area contributed by atoms with E-state index in [9.17, 15) is 0 Å². The van der Waals surface area contributed by atoms with Crippen LogP contribution in [-0.2, 0) is 13.1 Å². The highest BCUT2D eigenvalue weighted by Gasteiger charge is 2.15. The van der Waals surface area contributed by atoms with E-state index in [1.807, 2.05) is 0 Å². The van der Waals surface area contributed by atoms with E-state index in [1.54, 1.807) is 18.6 Å². The normalized spacial score (nSPS) is 14.1. The molecule has 0 N–H and O–H groups in total. The van der Waals surface area contributed by atoms with Crippen LogP contribution in [0.15, 0.2) is 22.4 Å². The fourth-order valence-electron chi connectivity index (χ4n) is 1.78. The summed E-state index contributed by atoms with van der Waals surface area (Å²) < 4.78 is 0.809. The molecule has 21 heavy (non-hydrogen) atoms. The predicted molar refractivity (Wildman–Crippen MR) is 84.6 cm³/mol. The van der Waals surface area contributed by atoms with Crippen LogP contribution in [0.3, 0.4) is 0 Å². The van der Waals surface area contributed by atoms with Gasteiger partial charge in [0.15, 0.2) is 0 Å². The van der Waals surface area contributed by atoms with Crippen LogP contribution in [0.4, 0.5) is 0 Å². The van der Waals surface area contributed by atoms with Crippen LogP contribution < -0.4 is 0 Å². The van der Waals surface area contributed by atoms with E-state index in [0.29, 0.717) is 18.4 Å². The summed E-state index contributed by atoms with van der Waals surface area (Å²) in [6.45, 7) is 1.23. The van der Waals surface area contributed by atoms with E-state index >= 15 is 0 Å². The Kier molecular flexibility index (Phi) is 4.23. The zero-order valence-corrected chi connectivity index (χ0v) is 13.6. The van der Waals surface area contributed by atoms with E-state index in [0.717, 1.165) is 27.1 Å². The van der Waals surface area contributed by atoms with Gasteiger partial charge in [0.05, 0.1) is 24.5 Å². The molecule has 0 bridgehead atoms. The second-order valence-corrected chi connectivity index (χ2v) is 5.54. The molecule has 0 atom stereocenters. The number of aromatic nitrogens is 4. The van der Waals surface area contributed by atoms with Crippen molar-refractivity contribution in [3.8, 4) is 0 Å². The fourth-order valence-corrected chi connectivity index (χ4v) is 2.54. The van der Waals surface area contributed by atoms with Gasteiger partial charge in [0.2, 0.25) is 10.6 Å². The molecule has 2 aromatic rings. The second-order valence-electron chi connectivity index (χ2n) is 4.12. The van der Waals surface area contributed by atoms with Gasteiger partial charge in [-0.3, -0.25) is 9.98 Å². The highest BCUT2D eigenvalue weighted by molar-refractivity contribution is 9.18. The Morgan fingerprint density at radius 3 is 2.48 bits per heavy atom. The largest absolute Gasteiger partial charge is 0.286 e.